The van der Waals surface area contributed by atoms with Gasteiger partial charge in [0.25, 0.3) is 0 Å². The number of carboxylic acids is 1. The van der Waals surface area contributed by atoms with Gasteiger partial charge in [0.2, 0.25) is 0 Å². The highest BCUT2D eigenvalue weighted by Crippen LogP contribution is 2.30. The van der Waals surface area contributed by atoms with Crippen LogP contribution in [0, 0.1) is 0 Å². The van der Waals surface area contributed by atoms with Crippen LogP contribution < -0.4 is 4.74 Å². The van der Waals surface area contributed by atoms with Crippen LogP contribution in [0.15, 0.2) is 42.5 Å². The molecule has 0 fully saturated rings. The van der Waals surface area contributed by atoms with E-state index in [1.807, 2.05) is 6.92 Å². The standard InChI is InChI=1S/C17H18O5/c1-2-22-14-5-3-4-11(8-14)15(17(20)21)9-12-6-7-13(18)10-16(12)19/h3-8,10,15,18-19H,2,9H2,1H3,(H,20,21). The molecule has 2 aromatic rings. The summed E-state index contributed by atoms with van der Waals surface area (Å²) in [5.74, 6) is -1.36. The number of hydrogen-bond acceptors (Lipinski definition) is 4. The highest BCUT2D eigenvalue weighted by atomic mass is 16.5. The molecule has 0 aliphatic heterocycles. The predicted molar refractivity (Wildman–Crippen MR) is 81.5 cm³/mol. The van der Waals surface area contributed by atoms with Crippen molar-refractivity contribution in [2.45, 2.75) is 19.3 Å². The van der Waals surface area contributed by atoms with Crippen LogP contribution >= 0.6 is 0 Å². The van der Waals surface area contributed by atoms with E-state index in [9.17, 15) is 20.1 Å². The van der Waals surface area contributed by atoms with Gasteiger partial charge in [-0.1, -0.05) is 18.2 Å². The van der Waals surface area contributed by atoms with E-state index in [1.54, 1.807) is 24.3 Å². The minimum Gasteiger partial charge on any atom is -0.508 e. The monoisotopic (exact) mass is 302 g/mol. The zero-order valence-electron chi connectivity index (χ0n) is 12.2. The summed E-state index contributed by atoms with van der Waals surface area (Å²) in [5.41, 5.74) is 1.07. The van der Waals surface area contributed by atoms with Gasteiger partial charge in [0, 0.05) is 6.07 Å². The van der Waals surface area contributed by atoms with Crippen molar-refractivity contribution in [3.8, 4) is 17.2 Å². The van der Waals surface area contributed by atoms with Crippen LogP contribution in [0.1, 0.15) is 24.0 Å². The van der Waals surface area contributed by atoms with E-state index in [1.165, 1.54) is 18.2 Å². The fourth-order valence-corrected chi connectivity index (χ4v) is 2.28. The molecule has 0 aromatic heterocycles. The molecule has 0 saturated heterocycles. The van der Waals surface area contributed by atoms with Crippen molar-refractivity contribution in [1.29, 1.82) is 0 Å². The van der Waals surface area contributed by atoms with Gasteiger partial charge in [-0.25, -0.2) is 0 Å². The van der Waals surface area contributed by atoms with Gasteiger partial charge in [0.05, 0.1) is 12.5 Å². The van der Waals surface area contributed by atoms with E-state index in [4.69, 9.17) is 4.74 Å². The van der Waals surface area contributed by atoms with Gasteiger partial charge in [0.15, 0.2) is 0 Å². The van der Waals surface area contributed by atoms with Crippen molar-refractivity contribution >= 4 is 5.97 Å². The molecule has 1 unspecified atom stereocenters. The number of rotatable bonds is 6. The Morgan fingerprint density at radius 3 is 2.59 bits per heavy atom. The first-order chi connectivity index (χ1) is 10.5. The Hall–Kier alpha value is -2.69. The fourth-order valence-electron chi connectivity index (χ4n) is 2.28. The summed E-state index contributed by atoms with van der Waals surface area (Å²) in [6, 6.07) is 11.1. The number of phenols is 2. The number of phenolic OH excluding ortho intramolecular Hbond substituents is 2. The number of aliphatic carboxylic acids is 1. The summed E-state index contributed by atoms with van der Waals surface area (Å²) in [5, 5.41) is 28.6. The van der Waals surface area contributed by atoms with Crippen molar-refractivity contribution in [2.24, 2.45) is 0 Å². The van der Waals surface area contributed by atoms with Crippen molar-refractivity contribution < 1.29 is 24.9 Å². The summed E-state index contributed by atoms with van der Waals surface area (Å²) in [6.45, 7) is 2.36. The molecule has 1 atom stereocenters. The smallest absolute Gasteiger partial charge is 0.311 e. The third kappa shape index (κ3) is 3.69. The molecule has 0 aliphatic carbocycles. The second-order valence-electron chi connectivity index (χ2n) is 4.91. The summed E-state index contributed by atoms with van der Waals surface area (Å²) in [6.07, 6.45) is 0.122. The maximum absolute atomic E-state index is 11.6. The second-order valence-corrected chi connectivity index (χ2v) is 4.91. The van der Waals surface area contributed by atoms with Gasteiger partial charge in [-0.3, -0.25) is 4.79 Å². The third-order valence-electron chi connectivity index (χ3n) is 3.36. The molecule has 2 rings (SSSR count). The maximum atomic E-state index is 11.6. The molecule has 0 saturated carbocycles. The first-order valence-corrected chi connectivity index (χ1v) is 6.97. The van der Waals surface area contributed by atoms with Crippen LogP contribution in [0.5, 0.6) is 17.2 Å². The van der Waals surface area contributed by atoms with Crippen LogP contribution in [0.25, 0.3) is 0 Å². The van der Waals surface area contributed by atoms with Crippen LogP contribution in [0.3, 0.4) is 0 Å². The third-order valence-corrected chi connectivity index (χ3v) is 3.36. The summed E-state index contributed by atoms with van der Waals surface area (Å²) in [7, 11) is 0. The molecule has 0 radical (unpaired) electrons. The average Bonchev–Trinajstić information content (AvgIpc) is 2.46. The van der Waals surface area contributed by atoms with Crippen molar-refractivity contribution in [2.75, 3.05) is 6.61 Å². The molecule has 5 heteroatoms. The van der Waals surface area contributed by atoms with Gasteiger partial charge in [0.1, 0.15) is 17.2 Å². The minimum atomic E-state index is -0.985. The van der Waals surface area contributed by atoms with Crippen molar-refractivity contribution in [3.05, 3.63) is 53.6 Å². The Labute approximate surface area is 128 Å². The Morgan fingerprint density at radius 2 is 1.95 bits per heavy atom. The Balaban J connectivity index is 2.30. The second kappa shape index (κ2) is 6.85. The molecular weight excluding hydrogens is 284 g/mol. The van der Waals surface area contributed by atoms with Gasteiger partial charge in [-0.15, -0.1) is 0 Å². The number of carbonyl (C=O) groups is 1. The lowest BCUT2D eigenvalue weighted by Crippen LogP contribution is -2.14. The van der Waals surface area contributed by atoms with Gasteiger partial charge < -0.3 is 20.1 Å². The summed E-state index contributed by atoms with van der Waals surface area (Å²) >= 11 is 0. The summed E-state index contributed by atoms with van der Waals surface area (Å²) in [4.78, 5) is 11.6. The number of ether oxygens (including phenoxy) is 1. The molecule has 0 amide bonds. The number of aromatic hydroxyl groups is 2. The number of hydrogen-bond donors (Lipinski definition) is 3. The van der Waals surface area contributed by atoms with Crippen LogP contribution in [0.2, 0.25) is 0 Å². The van der Waals surface area contributed by atoms with Crippen molar-refractivity contribution in [3.63, 3.8) is 0 Å². The number of carboxylic acid groups (broad SMARTS) is 1. The largest absolute Gasteiger partial charge is 0.508 e. The molecule has 0 spiro atoms. The van der Waals surface area contributed by atoms with E-state index in [-0.39, 0.29) is 17.9 Å². The zero-order valence-corrected chi connectivity index (χ0v) is 12.2. The van der Waals surface area contributed by atoms with E-state index in [0.717, 1.165) is 0 Å². The zero-order chi connectivity index (χ0) is 16.1. The molecule has 116 valence electrons. The van der Waals surface area contributed by atoms with Crippen LogP contribution in [-0.4, -0.2) is 27.9 Å². The van der Waals surface area contributed by atoms with Crippen molar-refractivity contribution in [1.82, 2.24) is 0 Å². The van der Waals surface area contributed by atoms with E-state index >= 15 is 0 Å². The molecule has 0 aliphatic rings. The Bertz CT molecular complexity index is 666. The van der Waals surface area contributed by atoms with E-state index < -0.39 is 11.9 Å². The first-order valence-electron chi connectivity index (χ1n) is 6.97. The van der Waals surface area contributed by atoms with E-state index in [0.29, 0.717) is 23.5 Å². The van der Waals surface area contributed by atoms with Gasteiger partial charge >= 0.3 is 5.97 Å². The molecular formula is C17H18O5. The topological polar surface area (TPSA) is 87.0 Å². The van der Waals surface area contributed by atoms with Gasteiger partial charge in [-0.2, -0.15) is 0 Å². The highest BCUT2D eigenvalue weighted by Gasteiger charge is 2.22. The minimum absolute atomic E-state index is 0.0635. The quantitative estimate of drug-likeness (QED) is 0.763. The molecule has 5 nitrogen and oxygen atoms in total. The van der Waals surface area contributed by atoms with Crippen LogP contribution in [0.4, 0.5) is 0 Å². The Morgan fingerprint density at radius 1 is 1.18 bits per heavy atom. The predicted octanol–water partition coefficient (Wildman–Crippen LogP) is 2.91. The lowest BCUT2D eigenvalue weighted by molar-refractivity contribution is -0.138. The van der Waals surface area contributed by atoms with Gasteiger partial charge in [-0.05, 0) is 42.7 Å². The maximum Gasteiger partial charge on any atom is 0.311 e. The SMILES string of the molecule is CCOc1cccc(C(Cc2ccc(O)cc2O)C(=O)O)c1. The highest BCUT2D eigenvalue weighted by molar-refractivity contribution is 5.77. The molecule has 22 heavy (non-hydrogen) atoms. The average molecular weight is 302 g/mol. The molecule has 0 heterocycles. The molecule has 2 aromatic carbocycles. The Kier molecular flexibility index (Phi) is 4.88. The summed E-state index contributed by atoms with van der Waals surface area (Å²) < 4.78 is 5.39. The lowest BCUT2D eigenvalue weighted by atomic mass is 9.91. The van der Waals surface area contributed by atoms with Crippen LogP contribution in [-0.2, 0) is 11.2 Å². The first kappa shape index (κ1) is 15.7. The normalized spacial score (nSPS) is 11.9. The van der Waals surface area contributed by atoms with E-state index in [2.05, 4.69) is 0 Å². The lowest BCUT2D eigenvalue weighted by Gasteiger charge is -2.15. The molecule has 3 N–H and O–H groups in total. The molecule has 0 bridgehead atoms. The fraction of sp³-hybridized carbons (Fsp3) is 0.235. The number of benzene rings is 2.